The molecule has 2 aromatic rings. The van der Waals surface area contributed by atoms with E-state index in [1.165, 1.54) is 36.4 Å². The smallest absolute Gasteiger partial charge is 0.313 e. The third kappa shape index (κ3) is 4.25. The summed E-state index contributed by atoms with van der Waals surface area (Å²) in [6, 6.07) is 9.83. The average molecular weight is 464 g/mol. The number of nitrogens with one attached hydrogen (secondary N) is 1. The Labute approximate surface area is 192 Å². The van der Waals surface area contributed by atoms with Crippen LogP contribution in [0, 0.1) is 33.7 Å². The van der Waals surface area contributed by atoms with Gasteiger partial charge in [0, 0.05) is 23.7 Å². The number of rotatable bonds is 7. The normalized spacial score (nSPS) is 21.3. The fourth-order valence-electron chi connectivity index (χ4n) is 4.03. The largest absolute Gasteiger partial charge is 0.460 e. The topological polar surface area (TPSA) is 133 Å². The lowest BCUT2D eigenvalue weighted by Gasteiger charge is -2.25. The first kappa shape index (κ1) is 22.7. The minimum Gasteiger partial charge on any atom is -0.460 e. The minimum absolute atomic E-state index is 0.0496. The van der Waals surface area contributed by atoms with Crippen LogP contribution in [0.4, 0.5) is 15.8 Å². The molecule has 0 spiro atoms. The Kier molecular flexibility index (Phi) is 6.13. The number of amides is 1. The molecule has 1 N–H and O–H groups in total. The Bertz CT molecular complexity index is 1270. The zero-order valence-electron chi connectivity index (χ0n) is 17.4. The second kappa shape index (κ2) is 9.18. The van der Waals surface area contributed by atoms with Crippen molar-refractivity contribution < 1.29 is 33.2 Å². The van der Waals surface area contributed by atoms with Gasteiger partial charge in [-0.15, -0.1) is 0 Å². The third-order valence-electron chi connectivity index (χ3n) is 5.65. The van der Waals surface area contributed by atoms with Gasteiger partial charge in [0.1, 0.15) is 17.8 Å². The number of Topliss-reactive ketones (excluding diaryl/α,β-unsaturated/α-hetero) is 2. The van der Waals surface area contributed by atoms with E-state index in [4.69, 9.17) is 4.74 Å². The Morgan fingerprint density at radius 3 is 2.53 bits per heavy atom. The minimum atomic E-state index is -1.83. The molecule has 172 valence electrons. The van der Waals surface area contributed by atoms with Crippen molar-refractivity contribution in [3.63, 3.8) is 0 Å². The zero-order chi connectivity index (χ0) is 24.4. The molecule has 4 rings (SSSR count). The molecule has 1 saturated heterocycles. The van der Waals surface area contributed by atoms with Crippen molar-refractivity contribution in [1.29, 1.82) is 0 Å². The van der Waals surface area contributed by atoms with Gasteiger partial charge in [-0.05, 0) is 18.2 Å². The summed E-state index contributed by atoms with van der Waals surface area (Å²) in [4.78, 5) is 62.0. The molecule has 4 atom stereocenters. The van der Waals surface area contributed by atoms with Crippen LogP contribution in [0.3, 0.4) is 0 Å². The highest BCUT2D eigenvalue weighted by Crippen LogP contribution is 2.38. The number of hydrogen-bond acceptors (Lipinski definition) is 7. The molecule has 0 saturated carbocycles. The molecule has 1 amide bonds. The molecule has 0 unspecified atom stereocenters. The van der Waals surface area contributed by atoms with Crippen molar-refractivity contribution in [2.75, 3.05) is 5.32 Å². The number of benzene rings is 2. The van der Waals surface area contributed by atoms with Crippen molar-refractivity contribution in [3.8, 4) is 0 Å². The molecule has 9 nitrogen and oxygen atoms in total. The summed E-state index contributed by atoms with van der Waals surface area (Å²) in [5, 5.41) is 13.2. The Morgan fingerprint density at radius 2 is 1.79 bits per heavy atom. The first-order chi connectivity index (χ1) is 16.3. The maximum absolute atomic E-state index is 14.4. The van der Waals surface area contributed by atoms with Gasteiger partial charge in [-0.25, -0.2) is 4.39 Å². The van der Waals surface area contributed by atoms with Crippen LogP contribution in [0.25, 0.3) is 0 Å². The highest BCUT2D eigenvalue weighted by atomic mass is 19.1. The monoisotopic (exact) mass is 464 g/mol. The molecule has 0 radical (unpaired) electrons. The number of carbonyl (C=O) groups is 4. The van der Waals surface area contributed by atoms with E-state index in [0.717, 1.165) is 12.1 Å². The highest BCUT2D eigenvalue weighted by molar-refractivity contribution is 6.45. The number of anilines is 1. The van der Waals surface area contributed by atoms with E-state index in [2.05, 4.69) is 5.32 Å². The van der Waals surface area contributed by atoms with Crippen molar-refractivity contribution in [3.05, 3.63) is 94.3 Å². The molecular weight excluding hydrogens is 447 g/mol. The molecule has 34 heavy (non-hydrogen) atoms. The van der Waals surface area contributed by atoms with Crippen molar-refractivity contribution >= 4 is 34.8 Å². The standard InChI is InChI=1S/C24H17FN2O7/c25-18-11-4-3-10-17(18)20(28)19(22-15-8-1-2-9-16(15)24(31)34-22)21(29)23(30)26-13-6-5-7-14(12-13)27(32)33/h1-12,15-16,19,22H,(H,26,30)/t15-,16+,19-,22+/m1/s1. The van der Waals surface area contributed by atoms with Gasteiger partial charge in [0.05, 0.1) is 16.4 Å². The first-order valence-electron chi connectivity index (χ1n) is 10.2. The number of nitrogens with zero attached hydrogens (tertiary/aromatic N) is 1. The van der Waals surface area contributed by atoms with Gasteiger partial charge < -0.3 is 10.1 Å². The Hall–Kier alpha value is -4.47. The van der Waals surface area contributed by atoms with Crippen molar-refractivity contribution in [2.45, 2.75) is 6.10 Å². The molecule has 1 aliphatic heterocycles. The summed E-state index contributed by atoms with van der Waals surface area (Å²) in [5.74, 6) is -8.40. The van der Waals surface area contributed by atoms with Crippen molar-refractivity contribution in [2.24, 2.45) is 17.8 Å². The van der Waals surface area contributed by atoms with Gasteiger partial charge in [0.2, 0.25) is 5.78 Å². The SMILES string of the molecule is O=C(Nc1cccc([N+](=O)[O-])c1)C(=O)[C@@H](C(=O)c1ccccc1F)[C@H]1OC(=O)[C@H]2C=CC=C[C@@H]12. The second-order valence-electron chi connectivity index (χ2n) is 7.72. The number of fused-ring (bicyclic) bond motifs is 1. The lowest BCUT2D eigenvalue weighted by atomic mass is 9.77. The molecule has 1 fully saturated rings. The van der Waals surface area contributed by atoms with Gasteiger partial charge in [0.15, 0.2) is 5.78 Å². The fraction of sp³-hybridized carbons (Fsp3) is 0.167. The predicted molar refractivity (Wildman–Crippen MR) is 116 cm³/mol. The number of nitro groups is 1. The van der Waals surface area contributed by atoms with Crippen LogP contribution < -0.4 is 5.32 Å². The van der Waals surface area contributed by atoms with Crippen LogP contribution in [0.2, 0.25) is 0 Å². The number of allylic oxidation sites excluding steroid dienone is 2. The number of ether oxygens (including phenoxy) is 1. The number of carbonyl (C=O) groups excluding carboxylic acids is 4. The first-order valence-corrected chi connectivity index (χ1v) is 10.2. The van der Waals surface area contributed by atoms with Crippen LogP contribution in [0.5, 0.6) is 0 Å². The number of cyclic esters (lactones) is 1. The van der Waals surface area contributed by atoms with E-state index in [1.807, 2.05) is 0 Å². The molecule has 2 aliphatic rings. The third-order valence-corrected chi connectivity index (χ3v) is 5.65. The predicted octanol–water partition coefficient (Wildman–Crippen LogP) is 3.02. The van der Waals surface area contributed by atoms with E-state index in [9.17, 15) is 33.7 Å². The van der Waals surface area contributed by atoms with E-state index < -0.39 is 63.6 Å². The van der Waals surface area contributed by atoms with Crippen LogP contribution in [0.15, 0.2) is 72.8 Å². The maximum Gasteiger partial charge on any atom is 0.313 e. The second-order valence-corrected chi connectivity index (χ2v) is 7.72. The van der Waals surface area contributed by atoms with Crippen LogP contribution in [-0.4, -0.2) is 34.5 Å². The molecule has 1 heterocycles. The summed E-state index contributed by atoms with van der Waals surface area (Å²) in [5.41, 5.74) is -0.804. The number of ketones is 2. The van der Waals surface area contributed by atoms with E-state index in [1.54, 1.807) is 24.3 Å². The maximum atomic E-state index is 14.4. The molecule has 2 aromatic carbocycles. The molecule has 1 aliphatic carbocycles. The Morgan fingerprint density at radius 1 is 1.06 bits per heavy atom. The lowest BCUT2D eigenvalue weighted by molar-refractivity contribution is -0.384. The molecule has 10 heteroatoms. The molecule has 0 aromatic heterocycles. The summed E-state index contributed by atoms with van der Waals surface area (Å²) in [7, 11) is 0. The van der Waals surface area contributed by atoms with E-state index in [0.29, 0.717) is 0 Å². The summed E-state index contributed by atoms with van der Waals surface area (Å²) in [6.45, 7) is 0. The van der Waals surface area contributed by atoms with E-state index in [-0.39, 0.29) is 11.4 Å². The number of hydrogen-bond donors (Lipinski definition) is 1. The van der Waals surface area contributed by atoms with Crippen LogP contribution >= 0.6 is 0 Å². The van der Waals surface area contributed by atoms with Gasteiger partial charge >= 0.3 is 5.97 Å². The lowest BCUT2D eigenvalue weighted by Crippen LogP contribution is -2.44. The summed E-state index contributed by atoms with van der Waals surface area (Å²) in [6.07, 6.45) is 5.05. The highest BCUT2D eigenvalue weighted by Gasteiger charge is 2.52. The van der Waals surface area contributed by atoms with Gasteiger partial charge in [-0.1, -0.05) is 42.5 Å². The summed E-state index contributed by atoms with van der Waals surface area (Å²) >= 11 is 0. The van der Waals surface area contributed by atoms with Gasteiger partial charge in [-0.2, -0.15) is 0 Å². The zero-order valence-corrected chi connectivity index (χ0v) is 17.4. The van der Waals surface area contributed by atoms with E-state index >= 15 is 0 Å². The number of nitro benzene ring substituents is 1. The average Bonchev–Trinajstić information content (AvgIpc) is 3.15. The number of non-ortho nitro benzene ring substituents is 1. The van der Waals surface area contributed by atoms with Gasteiger partial charge in [-0.3, -0.25) is 29.3 Å². The summed E-state index contributed by atoms with van der Waals surface area (Å²) < 4.78 is 19.7. The van der Waals surface area contributed by atoms with Crippen LogP contribution in [-0.2, 0) is 19.1 Å². The molecule has 0 bridgehead atoms. The quantitative estimate of drug-likeness (QED) is 0.166. The number of esters is 1. The van der Waals surface area contributed by atoms with Gasteiger partial charge in [0.25, 0.3) is 11.6 Å². The Balaban J connectivity index is 1.68. The van der Waals surface area contributed by atoms with Crippen molar-refractivity contribution in [1.82, 2.24) is 0 Å². The van der Waals surface area contributed by atoms with Crippen LogP contribution in [0.1, 0.15) is 10.4 Å². The fourth-order valence-corrected chi connectivity index (χ4v) is 4.03. The number of halogens is 1. The molecular formula is C24H17FN2O7.